The molecule has 0 amide bonds. The molecule has 0 saturated heterocycles. The highest BCUT2D eigenvalue weighted by Gasteiger charge is 2.28. The van der Waals surface area contributed by atoms with Crippen LogP contribution in [0.5, 0.6) is 0 Å². The predicted molar refractivity (Wildman–Crippen MR) is 103 cm³/mol. The Kier molecular flexibility index (Phi) is 4.52. The number of anilines is 1. The van der Waals surface area contributed by atoms with E-state index in [-0.39, 0.29) is 11.2 Å². The van der Waals surface area contributed by atoms with Crippen LogP contribution >= 0.6 is 23.1 Å². The van der Waals surface area contributed by atoms with Gasteiger partial charge < -0.3 is 5.73 Å². The third-order valence-corrected chi connectivity index (χ3v) is 6.90. The molecule has 2 heterocycles. The van der Waals surface area contributed by atoms with Crippen molar-refractivity contribution in [1.29, 1.82) is 0 Å². The Hall–Kier alpha value is -1.86. The van der Waals surface area contributed by atoms with Gasteiger partial charge in [0.2, 0.25) is 11.0 Å². The molecule has 2 N–H and O–H groups in total. The van der Waals surface area contributed by atoms with E-state index in [4.69, 9.17) is 5.73 Å². The van der Waals surface area contributed by atoms with Crippen LogP contribution in [0.1, 0.15) is 42.2 Å². The summed E-state index contributed by atoms with van der Waals surface area (Å²) in [5.74, 6) is 0.139. The maximum atomic E-state index is 13.4. The third-order valence-electron chi connectivity index (χ3n) is 4.71. The Balaban J connectivity index is 1.76. The number of rotatable bonds is 4. The number of para-hydroxylation sites is 1. The standard InChI is InChI=1S/C18H20N4OS2/c1-2-15(24-18-21-20-17(19)25-18)16(23)22-13-9-5-3-7-11(13)12-8-4-6-10-14(12)22/h3,5,7,9,15H,2,4,6,8,10H2,1H3,(H2,19,20). The van der Waals surface area contributed by atoms with E-state index in [1.807, 2.05) is 17.6 Å². The van der Waals surface area contributed by atoms with Crippen LogP contribution in [0.2, 0.25) is 0 Å². The second-order valence-electron chi connectivity index (χ2n) is 6.24. The van der Waals surface area contributed by atoms with Crippen LogP contribution in [-0.2, 0) is 12.8 Å². The summed E-state index contributed by atoms with van der Waals surface area (Å²) >= 11 is 2.81. The number of nitrogens with two attached hydrogens (primary N) is 1. The molecule has 2 aromatic heterocycles. The largest absolute Gasteiger partial charge is 0.374 e. The van der Waals surface area contributed by atoms with E-state index in [9.17, 15) is 4.79 Å². The number of benzene rings is 1. The first-order valence-corrected chi connectivity index (χ1v) is 10.3. The first-order valence-electron chi connectivity index (χ1n) is 8.60. The molecule has 25 heavy (non-hydrogen) atoms. The number of thioether (sulfide) groups is 1. The SMILES string of the molecule is CCC(Sc1nnc(N)s1)C(=O)n1c2c(c3ccccc31)CCCC2. The summed E-state index contributed by atoms with van der Waals surface area (Å²) < 4.78 is 2.72. The minimum atomic E-state index is -0.186. The Bertz CT molecular complexity index is 930. The lowest BCUT2D eigenvalue weighted by atomic mass is 9.95. The summed E-state index contributed by atoms with van der Waals surface area (Å²) in [5.41, 5.74) is 9.27. The van der Waals surface area contributed by atoms with Gasteiger partial charge in [-0.05, 0) is 43.7 Å². The van der Waals surface area contributed by atoms with Gasteiger partial charge >= 0.3 is 0 Å². The van der Waals surface area contributed by atoms with Crippen molar-refractivity contribution in [2.24, 2.45) is 0 Å². The summed E-state index contributed by atoms with van der Waals surface area (Å²) in [7, 11) is 0. The lowest BCUT2D eigenvalue weighted by molar-refractivity contribution is 0.0910. The van der Waals surface area contributed by atoms with E-state index in [1.54, 1.807) is 0 Å². The zero-order chi connectivity index (χ0) is 17.4. The molecule has 0 spiro atoms. The van der Waals surface area contributed by atoms with Crippen molar-refractivity contribution < 1.29 is 4.79 Å². The van der Waals surface area contributed by atoms with E-state index in [1.165, 1.54) is 46.2 Å². The molecule has 7 heteroatoms. The van der Waals surface area contributed by atoms with Crippen molar-refractivity contribution in [2.75, 3.05) is 5.73 Å². The average Bonchev–Trinajstić information content (AvgIpc) is 3.20. The number of fused-ring (bicyclic) bond motifs is 3. The molecular weight excluding hydrogens is 352 g/mol. The van der Waals surface area contributed by atoms with Crippen molar-refractivity contribution in [2.45, 2.75) is 48.6 Å². The van der Waals surface area contributed by atoms with Gasteiger partial charge in [0, 0.05) is 11.1 Å². The summed E-state index contributed by atoms with van der Waals surface area (Å²) in [5, 5.41) is 9.40. The quantitative estimate of drug-likeness (QED) is 0.696. The number of hydrogen-bond donors (Lipinski definition) is 1. The molecule has 0 fully saturated rings. The molecule has 1 atom stereocenters. The van der Waals surface area contributed by atoms with Crippen LogP contribution in [0.25, 0.3) is 10.9 Å². The molecular formula is C18H20N4OS2. The number of aromatic nitrogens is 3. The second-order valence-corrected chi connectivity index (χ2v) is 8.70. The van der Waals surface area contributed by atoms with E-state index >= 15 is 0 Å². The van der Waals surface area contributed by atoms with Gasteiger partial charge in [0.15, 0.2) is 4.34 Å². The van der Waals surface area contributed by atoms with E-state index in [0.717, 1.165) is 35.5 Å². The van der Waals surface area contributed by atoms with Gasteiger partial charge in [0.05, 0.1) is 10.8 Å². The number of aryl methyl sites for hydroxylation is 1. The van der Waals surface area contributed by atoms with Gasteiger partial charge in [-0.2, -0.15) is 0 Å². The van der Waals surface area contributed by atoms with Crippen LogP contribution in [0.3, 0.4) is 0 Å². The Morgan fingerprint density at radius 3 is 2.88 bits per heavy atom. The van der Waals surface area contributed by atoms with Crippen LogP contribution in [-0.4, -0.2) is 25.9 Å². The molecule has 1 aromatic carbocycles. The maximum Gasteiger partial charge on any atom is 0.244 e. The van der Waals surface area contributed by atoms with Crippen molar-refractivity contribution in [3.63, 3.8) is 0 Å². The molecule has 0 bridgehead atoms. The molecule has 0 saturated carbocycles. The van der Waals surface area contributed by atoms with Crippen molar-refractivity contribution >= 4 is 45.0 Å². The van der Waals surface area contributed by atoms with Crippen molar-refractivity contribution in [1.82, 2.24) is 14.8 Å². The van der Waals surface area contributed by atoms with Crippen molar-refractivity contribution in [3.05, 3.63) is 35.5 Å². The minimum absolute atomic E-state index is 0.139. The first-order chi connectivity index (χ1) is 12.2. The summed E-state index contributed by atoms with van der Waals surface area (Å²) in [4.78, 5) is 13.4. The van der Waals surface area contributed by atoms with Gasteiger partial charge in [0.25, 0.3) is 0 Å². The van der Waals surface area contributed by atoms with E-state index in [2.05, 4.69) is 28.4 Å². The second kappa shape index (κ2) is 6.80. The first kappa shape index (κ1) is 16.6. The third kappa shape index (κ3) is 2.95. The van der Waals surface area contributed by atoms with Crippen LogP contribution in [0.4, 0.5) is 5.13 Å². The molecule has 1 aliphatic carbocycles. The highest BCUT2D eigenvalue weighted by Crippen LogP contribution is 2.35. The summed E-state index contributed by atoms with van der Waals surface area (Å²) in [6.45, 7) is 2.04. The molecule has 0 radical (unpaired) electrons. The Labute approximate surface area is 154 Å². The van der Waals surface area contributed by atoms with Gasteiger partial charge in [0.1, 0.15) is 0 Å². The Morgan fingerprint density at radius 1 is 1.32 bits per heavy atom. The normalized spacial score (nSPS) is 15.2. The Morgan fingerprint density at radius 2 is 2.12 bits per heavy atom. The molecule has 130 valence electrons. The van der Waals surface area contributed by atoms with Crippen LogP contribution in [0.15, 0.2) is 28.6 Å². The molecule has 5 nitrogen and oxygen atoms in total. The van der Waals surface area contributed by atoms with Gasteiger partial charge in [-0.3, -0.25) is 9.36 Å². The fourth-order valence-corrected chi connectivity index (χ4v) is 5.43. The maximum absolute atomic E-state index is 13.4. The smallest absolute Gasteiger partial charge is 0.244 e. The number of carbonyl (C=O) groups excluding carboxylic acids is 1. The molecule has 0 aliphatic heterocycles. The molecule has 1 aliphatic rings. The summed E-state index contributed by atoms with van der Waals surface area (Å²) in [6.07, 6.45) is 5.12. The van der Waals surface area contributed by atoms with E-state index in [0.29, 0.717) is 5.13 Å². The molecule has 3 aromatic rings. The lowest BCUT2D eigenvalue weighted by Crippen LogP contribution is -2.26. The highest BCUT2D eigenvalue weighted by molar-refractivity contribution is 8.02. The highest BCUT2D eigenvalue weighted by atomic mass is 32.2. The zero-order valence-corrected chi connectivity index (χ0v) is 15.7. The monoisotopic (exact) mass is 372 g/mol. The number of nitrogen functional groups attached to an aromatic ring is 1. The topological polar surface area (TPSA) is 73.8 Å². The minimum Gasteiger partial charge on any atom is -0.374 e. The molecule has 1 unspecified atom stereocenters. The molecule has 4 rings (SSSR count). The lowest BCUT2D eigenvalue weighted by Gasteiger charge is -2.18. The van der Waals surface area contributed by atoms with Gasteiger partial charge in [-0.1, -0.05) is 48.2 Å². The fourth-order valence-electron chi connectivity index (χ4n) is 3.59. The van der Waals surface area contributed by atoms with Crippen LogP contribution < -0.4 is 5.73 Å². The predicted octanol–water partition coefficient (Wildman–Crippen LogP) is 4.16. The summed E-state index contributed by atoms with van der Waals surface area (Å²) in [6, 6.07) is 8.27. The van der Waals surface area contributed by atoms with Gasteiger partial charge in [-0.25, -0.2) is 0 Å². The van der Waals surface area contributed by atoms with E-state index < -0.39 is 0 Å². The van der Waals surface area contributed by atoms with Crippen LogP contribution in [0, 0.1) is 0 Å². The fraction of sp³-hybridized carbons (Fsp3) is 0.389. The average molecular weight is 373 g/mol. The van der Waals surface area contributed by atoms with Gasteiger partial charge in [-0.15, -0.1) is 10.2 Å². The number of carbonyl (C=O) groups is 1. The number of hydrogen-bond acceptors (Lipinski definition) is 6. The zero-order valence-electron chi connectivity index (χ0n) is 14.1. The number of nitrogens with zero attached hydrogens (tertiary/aromatic N) is 3. The van der Waals surface area contributed by atoms with Crippen molar-refractivity contribution in [3.8, 4) is 0 Å².